The fraction of sp³-hybridized carbons (Fsp3) is 0.148. The molecule has 0 spiro atoms. The van der Waals surface area contributed by atoms with Crippen LogP contribution in [0, 0.1) is 0 Å². The van der Waals surface area contributed by atoms with Crippen LogP contribution in [0.1, 0.15) is 17.7 Å². The van der Waals surface area contributed by atoms with Gasteiger partial charge < -0.3 is 9.88 Å². The van der Waals surface area contributed by atoms with Crippen LogP contribution in [0.3, 0.4) is 0 Å². The number of carbonyl (C=O) groups excluding carboxylic acids is 1. The quantitative estimate of drug-likeness (QED) is 0.425. The Balaban J connectivity index is 1.43. The minimum Gasteiger partial charge on any atom is -0.331 e. The van der Waals surface area contributed by atoms with Crippen LogP contribution in [0.4, 0.5) is 5.82 Å². The fourth-order valence-electron chi connectivity index (χ4n) is 4.84. The first kappa shape index (κ1) is 19.5. The van der Waals surface area contributed by atoms with E-state index in [9.17, 15) is 9.59 Å². The number of aromatic nitrogens is 3. The number of pyridine rings is 1. The van der Waals surface area contributed by atoms with Crippen molar-refractivity contribution in [2.75, 3.05) is 5.32 Å². The zero-order valence-corrected chi connectivity index (χ0v) is 18.0. The van der Waals surface area contributed by atoms with Gasteiger partial charge in [-0.15, -0.1) is 0 Å². The number of para-hydroxylation sites is 3. The Hall–Kier alpha value is -4.19. The summed E-state index contributed by atoms with van der Waals surface area (Å²) >= 11 is 0. The molecule has 6 rings (SSSR count). The van der Waals surface area contributed by atoms with Crippen molar-refractivity contribution in [2.24, 2.45) is 0 Å². The molecule has 2 aromatic heterocycles. The molecule has 33 heavy (non-hydrogen) atoms. The predicted octanol–water partition coefficient (Wildman–Crippen LogP) is 4.47. The molecule has 1 aliphatic rings. The van der Waals surface area contributed by atoms with Gasteiger partial charge in [-0.3, -0.25) is 9.59 Å². The third-order valence-corrected chi connectivity index (χ3v) is 6.35. The number of hydrogen-bond acceptors (Lipinski definition) is 3. The molecule has 1 N–H and O–H groups in total. The number of amides is 1. The highest BCUT2D eigenvalue weighted by atomic mass is 16.2. The van der Waals surface area contributed by atoms with Crippen LogP contribution in [0.5, 0.6) is 0 Å². The summed E-state index contributed by atoms with van der Waals surface area (Å²) < 4.78 is 3.76. The first-order chi connectivity index (χ1) is 16.2. The van der Waals surface area contributed by atoms with Crippen molar-refractivity contribution in [3.63, 3.8) is 0 Å². The molecule has 0 saturated heterocycles. The lowest BCUT2D eigenvalue weighted by atomic mass is 10.1. The molecule has 2 heterocycles. The summed E-state index contributed by atoms with van der Waals surface area (Å²) in [5, 5.41) is 9.15. The standard InChI is InChI=1S/C27H22N4O2/c32-25(28-27-19-13-8-14-22(19)29-31(27)18-9-2-1-3-10-18)17-30-23-15-6-4-11-20(23)26(33)21-12-5-7-16-24(21)30/h1-7,9-12,15-16H,8,13-14,17H2,(H,28,32). The Morgan fingerprint density at radius 3 is 2.18 bits per heavy atom. The Kier molecular flexibility index (Phi) is 4.57. The van der Waals surface area contributed by atoms with Gasteiger partial charge in [-0.1, -0.05) is 42.5 Å². The number of aryl methyl sites for hydroxylation is 1. The summed E-state index contributed by atoms with van der Waals surface area (Å²) in [7, 11) is 0. The van der Waals surface area contributed by atoms with Crippen molar-refractivity contribution in [1.82, 2.24) is 14.3 Å². The first-order valence-electron chi connectivity index (χ1n) is 11.2. The van der Waals surface area contributed by atoms with Gasteiger partial charge in [0.15, 0.2) is 5.43 Å². The molecule has 0 unspecified atom stereocenters. The minimum absolute atomic E-state index is 0.0159. The van der Waals surface area contributed by atoms with E-state index in [4.69, 9.17) is 5.10 Å². The van der Waals surface area contributed by atoms with Crippen molar-refractivity contribution in [3.05, 3.63) is 100 Å². The molecule has 0 atom stereocenters. The van der Waals surface area contributed by atoms with Crippen molar-refractivity contribution in [2.45, 2.75) is 25.8 Å². The number of rotatable bonds is 4. The molecular formula is C27H22N4O2. The van der Waals surface area contributed by atoms with Crippen molar-refractivity contribution >= 4 is 33.5 Å². The SMILES string of the molecule is O=C(Cn1c2ccccc2c(=O)c2ccccc21)Nc1c2c(nn1-c1ccccc1)CCC2. The fourth-order valence-corrected chi connectivity index (χ4v) is 4.84. The average molecular weight is 434 g/mol. The molecule has 0 saturated carbocycles. The second kappa shape index (κ2) is 7.74. The third-order valence-electron chi connectivity index (χ3n) is 6.35. The molecule has 6 nitrogen and oxygen atoms in total. The summed E-state index contributed by atoms with van der Waals surface area (Å²) in [6.07, 6.45) is 2.87. The lowest BCUT2D eigenvalue weighted by Crippen LogP contribution is -2.23. The molecule has 0 radical (unpaired) electrons. The topological polar surface area (TPSA) is 68.9 Å². The molecule has 0 aliphatic heterocycles. The maximum atomic E-state index is 13.4. The van der Waals surface area contributed by atoms with Crippen LogP contribution in [-0.4, -0.2) is 20.3 Å². The molecule has 6 heteroatoms. The number of anilines is 1. The zero-order chi connectivity index (χ0) is 22.4. The summed E-state index contributed by atoms with van der Waals surface area (Å²) in [4.78, 5) is 26.4. The normalized spacial score (nSPS) is 12.8. The van der Waals surface area contributed by atoms with Gasteiger partial charge in [-0.05, 0) is 55.7 Å². The van der Waals surface area contributed by atoms with E-state index in [0.29, 0.717) is 10.8 Å². The van der Waals surface area contributed by atoms with Crippen molar-refractivity contribution in [3.8, 4) is 5.69 Å². The average Bonchev–Trinajstić information content (AvgIpc) is 3.45. The minimum atomic E-state index is -0.152. The van der Waals surface area contributed by atoms with Crippen molar-refractivity contribution < 1.29 is 4.79 Å². The lowest BCUT2D eigenvalue weighted by Gasteiger charge is -2.16. The smallest absolute Gasteiger partial charge is 0.245 e. The van der Waals surface area contributed by atoms with Gasteiger partial charge in [0.1, 0.15) is 12.4 Å². The van der Waals surface area contributed by atoms with E-state index < -0.39 is 0 Å². The molecule has 0 fully saturated rings. The summed E-state index contributed by atoms with van der Waals surface area (Å²) in [6, 6.07) is 24.8. The van der Waals surface area contributed by atoms with Gasteiger partial charge in [0.05, 0.1) is 22.4 Å². The van der Waals surface area contributed by atoms with Crippen LogP contribution < -0.4 is 10.7 Å². The highest BCUT2D eigenvalue weighted by Gasteiger charge is 2.24. The molecule has 162 valence electrons. The van der Waals surface area contributed by atoms with E-state index in [1.54, 1.807) is 0 Å². The number of fused-ring (bicyclic) bond motifs is 3. The van der Waals surface area contributed by atoms with E-state index in [1.807, 2.05) is 88.1 Å². The Morgan fingerprint density at radius 1 is 0.848 bits per heavy atom. The van der Waals surface area contributed by atoms with Gasteiger partial charge in [-0.25, -0.2) is 4.68 Å². The van der Waals surface area contributed by atoms with E-state index in [1.165, 1.54) is 0 Å². The Labute approximate surface area is 190 Å². The Bertz CT molecular complexity index is 1520. The van der Waals surface area contributed by atoms with Crippen LogP contribution in [0.2, 0.25) is 0 Å². The Morgan fingerprint density at radius 2 is 1.48 bits per heavy atom. The molecule has 0 bridgehead atoms. The molecule has 1 amide bonds. The van der Waals surface area contributed by atoms with Gasteiger partial charge in [-0.2, -0.15) is 5.10 Å². The summed E-state index contributed by atoms with van der Waals surface area (Å²) in [5.74, 6) is 0.592. The van der Waals surface area contributed by atoms with Crippen LogP contribution in [0.15, 0.2) is 83.7 Å². The van der Waals surface area contributed by atoms with Crippen molar-refractivity contribution in [1.29, 1.82) is 0 Å². The van der Waals surface area contributed by atoms with E-state index in [0.717, 1.165) is 53.1 Å². The number of nitrogens with one attached hydrogen (secondary N) is 1. The molecule has 1 aliphatic carbocycles. The number of carbonyl (C=O) groups is 1. The number of nitrogens with zero attached hydrogens (tertiary/aromatic N) is 3. The number of hydrogen-bond donors (Lipinski definition) is 1. The van der Waals surface area contributed by atoms with Gasteiger partial charge in [0, 0.05) is 16.3 Å². The first-order valence-corrected chi connectivity index (χ1v) is 11.2. The third kappa shape index (κ3) is 3.22. The van der Waals surface area contributed by atoms with E-state index >= 15 is 0 Å². The highest BCUT2D eigenvalue weighted by molar-refractivity contribution is 5.97. The van der Waals surface area contributed by atoms with Gasteiger partial charge in [0.2, 0.25) is 5.91 Å². The second-order valence-corrected chi connectivity index (χ2v) is 8.37. The zero-order valence-electron chi connectivity index (χ0n) is 18.0. The van der Waals surface area contributed by atoms with Crippen LogP contribution in [0.25, 0.3) is 27.5 Å². The summed E-state index contributed by atoms with van der Waals surface area (Å²) in [5.41, 5.74) is 4.56. The summed E-state index contributed by atoms with van der Waals surface area (Å²) in [6.45, 7) is 0.0933. The maximum Gasteiger partial charge on any atom is 0.245 e. The van der Waals surface area contributed by atoms with E-state index in [-0.39, 0.29) is 17.9 Å². The number of benzene rings is 3. The largest absolute Gasteiger partial charge is 0.331 e. The second-order valence-electron chi connectivity index (χ2n) is 8.37. The van der Waals surface area contributed by atoms with E-state index in [2.05, 4.69) is 5.32 Å². The molecule has 3 aromatic carbocycles. The molecule has 5 aromatic rings. The highest BCUT2D eigenvalue weighted by Crippen LogP contribution is 2.31. The predicted molar refractivity (Wildman–Crippen MR) is 130 cm³/mol. The monoisotopic (exact) mass is 434 g/mol. The molecular weight excluding hydrogens is 412 g/mol. The van der Waals surface area contributed by atoms with Gasteiger partial charge >= 0.3 is 0 Å². The van der Waals surface area contributed by atoms with Gasteiger partial charge in [0.25, 0.3) is 0 Å². The van der Waals surface area contributed by atoms with Crippen LogP contribution >= 0.6 is 0 Å². The van der Waals surface area contributed by atoms with Crippen LogP contribution in [-0.2, 0) is 24.2 Å². The lowest BCUT2D eigenvalue weighted by molar-refractivity contribution is -0.116. The maximum absolute atomic E-state index is 13.4.